The lowest BCUT2D eigenvalue weighted by molar-refractivity contribution is -0.221. The Morgan fingerprint density at radius 2 is 1.88 bits per heavy atom. The van der Waals surface area contributed by atoms with E-state index in [1.807, 2.05) is 19.9 Å². The summed E-state index contributed by atoms with van der Waals surface area (Å²) < 4.78 is 33.2. The Hall–Kier alpha value is -1.93. The first-order chi connectivity index (χ1) is 12.4. The molecule has 0 aromatic heterocycles. The van der Waals surface area contributed by atoms with E-state index in [0.29, 0.717) is 16.9 Å². The van der Waals surface area contributed by atoms with E-state index < -0.39 is 18.0 Å². The highest BCUT2D eigenvalue weighted by Crippen LogP contribution is 2.39. The second kappa shape index (κ2) is 7.36. The van der Waals surface area contributed by atoms with Gasteiger partial charge in [0.25, 0.3) is 0 Å². The molecule has 2 saturated heterocycles. The second-order valence-corrected chi connectivity index (χ2v) is 6.54. The van der Waals surface area contributed by atoms with Crippen LogP contribution in [0.5, 0.6) is 5.75 Å². The minimum atomic E-state index is -0.699. The Bertz CT molecular complexity index is 697. The first-order valence-electron chi connectivity index (χ1n) is 8.37. The van der Waals surface area contributed by atoms with Gasteiger partial charge in [-0.05, 0) is 25.5 Å². The molecule has 2 heterocycles. The Morgan fingerprint density at radius 1 is 1.15 bits per heavy atom. The van der Waals surface area contributed by atoms with Gasteiger partial charge in [0.1, 0.15) is 29.6 Å². The van der Waals surface area contributed by atoms with Crippen LogP contribution < -0.4 is 4.74 Å². The quantitative estimate of drug-likeness (QED) is 0.743. The van der Waals surface area contributed by atoms with E-state index >= 15 is 0 Å². The largest absolute Gasteiger partial charge is 0.496 e. The van der Waals surface area contributed by atoms with Crippen LogP contribution in [-0.4, -0.2) is 57.7 Å². The predicted octanol–water partition coefficient (Wildman–Crippen LogP) is 2.39. The maximum Gasteiger partial charge on any atom is 0.342 e. The van der Waals surface area contributed by atoms with Gasteiger partial charge in [0.05, 0.1) is 14.2 Å². The van der Waals surface area contributed by atoms with Gasteiger partial charge < -0.3 is 28.4 Å². The molecule has 2 fully saturated rings. The van der Waals surface area contributed by atoms with Gasteiger partial charge in [-0.2, -0.15) is 0 Å². The van der Waals surface area contributed by atoms with Crippen molar-refractivity contribution < 1.29 is 33.2 Å². The third kappa shape index (κ3) is 3.48. The SMILES string of the molecule is COC(=O)c1c(/C=C\[C@H]2O[C@@H](OC)[C@@H]3OC(C)(C)O[C@@H]32)cccc1OC. The van der Waals surface area contributed by atoms with E-state index in [4.69, 9.17) is 28.4 Å². The number of carbonyl (C=O) groups is 1. The van der Waals surface area contributed by atoms with Crippen molar-refractivity contribution in [3.63, 3.8) is 0 Å². The topological polar surface area (TPSA) is 72.5 Å². The molecule has 1 aromatic carbocycles. The molecule has 26 heavy (non-hydrogen) atoms. The Balaban J connectivity index is 1.87. The minimum Gasteiger partial charge on any atom is -0.496 e. The summed E-state index contributed by atoms with van der Waals surface area (Å²) in [5.74, 6) is -0.723. The van der Waals surface area contributed by atoms with Crippen molar-refractivity contribution in [3.8, 4) is 5.75 Å². The third-order valence-corrected chi connectivity index (χ3v) is 4.41. The van der Waals surface area contributed by atoms with E-state index in [0.717, 1.165) is 0 Å². The van der Waals surface area contributed by atoms with Crippen LogP contribution in [-0.2, 0) is 23.7 Å². The van der Waals surface area contributed by atoms with Crippen LogP contribution in [0.1, 0.15) is 29.8 Å². The zero-order valence-electron chi connectivity index (χ0n) is 15.6. The van der Waals surface area contributed by atoms with Crippen molar-refractivity contribution in [2.45, 2.75) is 44.2 Å². The van der Waals surface area contributed by atoms with Gasteiger partial charge >= 0.3 is 5.97 Å². The van der Waals surface area contributed by atoms with Crippen LogP contribution in [0.2, 0.25) is 0 Å². The summed E-state index contributed by atoms with van der Waals surface area (Å²) in [6.45, 7) is 3.71. The van der Waals surface area contributed by atoms with Crippen molar-refractivity contribution in [1.82, 2.24) is 0 Å². The highest BCUT2D eigenvalue weighted by Gasteiger charge is 2.54. The average Bonchev–Trinajstić information content (AvgIpc) is 3.11. The molecule has 0 amide bonds. The van der Waals surface area contributed by atoms with Crippen LogP contribution in [0.4, 0.5) is 0 Å². The van der Waals surface area contributed by atoms with Crippen LogP contribution in [0.15, 0.2) is 24.3 Å². The molecule has 2 aliphatic heterocycles. The molecule has 3 rings (SSSR count). The summed E-state index contributed by atoms with van der Waals surface area (Å²) in [4.78, 5) is 12.1. The average molecular weight is 364 g/mol. The predicted molar refractivity (Wildman–Crippen MR) is 92.9 cm³/mol. The van der Waals surface area contributed by atoms with Crippen molar-refractivity contribution in [1.29, 1.82) is 0 Å². The molecule has 0 radical (unpaired) electrons. The number of benzene rings is 1. The maximum absolute atomic E-state index is 12.1. The van der Waals surface area contributed by atoms with Crippen molar-refractivity contribution in [3.05, 3.63) is 35.4 Å². The molecule has 0 N–H and O–H groups in total. The van der Waals surface area contributed by atoms with E-state index in [1.165, 1.54) is 14.2 Å². The van der Waals surface area contributed by atoms with Crippen molar-refractivity contribution in [2.75, 3.05) is 21.3 Å². The lowest BCUT2D eigenvalue weighted by Crippen LogP contribution is -2.30. The molecule has 0 bridgehead atoms. The fourth-order valence-corrected chi connectivity index (χ4v) is 3.31. The number of fused-ring (bicyclic) bond motifs is 1. The second-order valence-electron chi connectivity index (χ2n) is 6.54. The van der Waals surface area contributed by atoms with Gasteiger partial charge in [0, 0.05) is 7.11 Å². The van der Waals surface area contributed by atoms with E-state index in [2.05, 4.69) is 0 Å². The summed E-state index contributed by atoms with van der Waals surface area (Å²) in [6, 6.07) is 5.32. The summed E-state index contributed by atoms with van der Waals surface area (Å²) in [6.07, 6.45) is 2.14. The molecule has 7 nitrogen and oxygen atoms in total. The van der Waals surface area contributed by atoms with Gasteiger partial charge in [-0.25, -0.2) is 4.79 Å². The molecule has 1 aromatic rings. The lowest BCUT2D eigenvalue weighted by atomic mass is 10.0. The molecule has 142 valence electrons. The molecular formula is C19H24O7. The fraction of sp³-hybridized carbons (Fsp3) is 0.526. The van der Waals surface area contributed by atoms with Crippen LogP contribution in [0.25, 0.3) is 6.08 Å². The maximum atomic E-state index is 12.1. The summed E-state index contributed by atoms with van der Waals surface area (Å²) in [7, 11) is 4.41. The molecule has 0 spiro atoms. The standard InChI is InChI=1S/C19H24O7/c1-19(2)25-15-13(24-18(23-5)16(15)26-19)10-9-11-7-6-8-12(21-3)14(11)17(20)22-4/h6-10,13,15-16,18H,1-5H3/b10-9-/t13-,15-,16-,18-/m1/s1. The summed E-state index contributed by atoms with van der Waals surface area (Å²) >= 11 is 0. The molecular weight excluding hydrogens is 340 g/mol. The van der Waals surface area contributed by atoms with Gasteiger partial charge in [0.2, 0.25) is 0 Å². The molecule has 7 heteroatoms. The molecule has 0 unspecified atom stereocenters. The number of methoxy groups -OCH3 is 3. The minimum absolute atomic E-state index is 0.293. The fourth-order valence-electron chi connectivity index (χ4n) is 3.31. The van der Waals surface area contributed by atoms with Gasteiger partial charge in [-0.3, -0.25) is 0 Å². The third-order valence-electron chi connectivity index (χ3n) is 4.41. The lowest BCUT2D eigenvalue weighted by Gasteiger charge is -2.22. The highest BCUT2D eigenvalue weighted by atomic mass is 16.8. The van der Waals surface area contributed by atoms with Gasteiger partial charge in [-0.15, -0.1) is 0 Å². The number of hydrogen-bond donors (Lipinski definition) is 0. The Morgan fingerprint density at radius 3 is 2.54 bits per heavy atom. The zero-order valence-corrected chi connectivity index (χ0v) is 15.6. The van der Waals surface area contributed by atoms with Crippen molar-refractivity contribution >= 4 is 12.0 Å². The van der Waals surface area contributed by atoms with Gasteiger partial charge in [-0.1, -0.05) is 24.3 Å². The van der Waals surface area contributed by atoms with E-state index in [9.17, 15) is 4.79 Å². The number of hydrogen-bond acceptors (Lipinski definition) is 7. The van der Waals surface area contributed by atoms with E-state index in [1.54, 1.807) is 31.4 Å². The number of esters is 1. The van der Waals surface area contributed by atoms with Crippen molar-refractivity contribution in [2.24, 2.45) is 0 Å². The van der Waals surface area contributed by atoms with Crippen LogP contribution in [0.3, 0.4) is 0 Å². The summed E-state index contributed by atoms with van der Waals surface area (Å²) in [5.41, 5.74) is 1.02. The van der Waals surface area contributed by atoms with Crippen LogP contribution >= 0.6 is 0 Å². The summed E-state index contributed by atoms with van der Waals surface area (Å²) in [5, 5.41) is 0. The molecule has 4 atom stereocenters. The van der Waals surface area contributed by atoms with E-state index in [-0.39, 0.29) is 18.3 Å². The zero-order chi connectivity index (χ0) is 18.9. The number of ether oxygens (including phenoxy) is 6. The number of carbonyl (C=O) groups excluding carboxylic acids is 1. The van der Waals surface area contributed by atoms with Crippen LogP contribution in [0, 0.1) is 0 Å². The first kappa shape index (κ1) is 18.8. The smallest absolute Gasteiger partial charge is 0.342 e. The first-order valence-corrected chi connectivity index (χ1v) is 8.37. The Labute approximate surface area is 152 Å². The normalized spacial score (nSPS) is 29.7. The molecule has 0 saturated carbocycles. The number of rotatable bonds is 5. The molecule has 2 aliphatic rings. The monoisotopic (exact) mass is 364 g/mol. The molecule has 0 aliphatic carbocycles. The highest BCUT2D eigenvalue weighted by molar-refractivity contribution is 5.96. The Kier molecular flexibility index (Phi) is 5.34. The van der Waals surface area contributed by atoms with Gasteiger partial charge in [0.15, 0.2) is 12.1 Å².